The fourth-order valence-electron chi connectivity index (χ4n) is 2.68. The Labute approximate surface area is 105 Å². The van der Waals surface area contributed by atoms with E-state index in [1.807, 2.05) is 6.92 Å². The van der Waals surface area contributed by atoms with E-state index in [4.69, 9.17) is 5.11 Å². The van der Waals surface area contributed by atoms with E-state index < -0.39 is 25.2 Å². The van der Waals surface area contributed by atoms with Crippen molar-refractivity contribution in [3.8, 4) is 0 Å². The standard InChI is InChI=1S/C12H20F3NO2/c1-2-9-4-3-5-10(6-9)16(7-11(17)18)8-12(13,14)15/h9-10H,2-8H2,1H3,(H,17,18). The number of carboxylic acids is 1. The van der Waals surface area contributed by atoms with Crippen molar-refractivity contribution in [1.29, 1.82) is 0 Å². The second-order valence-corrected chi connectivity index (χ2v) is 5.01. The van der Waals surface area contributed by atoms with Crippen LogP contribution in [0.5, 0.6) is 0 Å². The lowest BCUT2D eigenvalue weighted by Crippen LogP contribution is -2.46. The number of rotatable bonds is 5. The lowest BCUT2D eigenvalue weighted by molar-refractivity contribution is -0.160. The Bertz CT molecular complexity index is 281. The summed E-state index contributed by atoms with van der Waals surface area (Å²) in [6.07, 6.45) is -0.116. The molecule has 0 radical (unpaired) electrons. The van der Waals surface area contributed by atoms with Gasteiger partial charge in [-0.05, 0) is 18.8 Å². The molecule has 0 heterocycles. The van der Waals surface area contributed by atoms with Crippen molar-refractivity contribution in [2.45, 2.75) is 51.2 Å². The van der Waals surface area contributed by atoms with Crippen molar-refractivity contribution in [3.63, 3.8) is 0 Å². The van der Waals surface area contributed by atoms with Gasteiger partial charge in [0.2, 0.25) is 0 Å². The number of hydrogen-bond acceptors (Lipinski definition) is 2. The summed E-state index contributed by atoms with van der Waals surface area (Å²) < 4.78 is 37.4. The van der Waals surface area contributed by atoms with Crippen molar-refractivity contribution < 1.29 is 23.1 Å². The first-order chi connectivity index (χ1) is 8.31. The monoisotopic (exact) mass is 267 g/mol. The van der Waals surface area contributed by atoms with Gasteiger partial charge in [0, 0.05) is 6.04 Å². The van der Waals surface area contributed by atoms with Crippen LogP contribution < -0.4 is 0 Å². The van der Waals surface area contributed by atoms with Crippen molar-refractivity contribution in [1.82, 2.24) is 4.90 Å². The summed E-state index contributed by atoms with van der Waals surface area (Å²) in [5.74, 6) is -0.772. The average molecular weight is 267 g/mol. The number of carboxylic acid groups (broad SMARTS) is 1. The normalized spacial score (nSPS) is 25.4. The first kappa shape index (κ1) is 15.3. The highest BCUT2D eigenvalue weighted by molar-refractivity contribution is 5.69. The van der Waals surface area contributed by atoms with E-state index in [0.717, 1.165) is 24.2 Å². The third-order valence-electron chi connectivity index (χ3n) is 3.57. The maximum Gasteiger partial charge on any atom is 0.401 e. The Morgan fingerprint density at radius 3 is 2.56 bits per heavy atom. The molecule has 1 saturated carbocycles. The molecule has 0 aromatic rings. The minimum absolute atomic E-state index is 0.249. The average Bonchev–Trinajstić information content (AvgIpc) is 2.26. The third kappa shape index (κ3) is 5.25. The Balaban J connectivity index is 2.66. The van der Waals surface area contributed by atoms with Gasteiger partial charge in [-0.1, -0.05) is 26.2 Å². The first-order valence-electron chi connectivity index (χ1n) is 6.34. The largest absolute Gasteiger partial charge is 0.480 e. The van der Waals surface area contributed by atoms with Crippen LogP contribution in [0.2, 0.25) is 0 Å². The molecule has 0 bridgehead atoms. The molecule has 6 heteroatoms. The van der Waals surface area contributed by atoms with Gasteiger partial charge in [-0.25, -0.2) is 0 Å². The van der Waals surface area contributed by atoms with E-state index in [9.17, 15) is 18.0 Å². The Kier molecular flexibility index (Phi) is 5.44. The summed E-state index contributed by atoms with van der Waals surface area (Å²) in [4.78, 5) is 11.8. The zero-order chi connectivity index (χ0) is 13.8. The summed E-state index contributed by atoms with van der Waals surface area (Å²) in [6.45, 7) is 0.374. The zero-order valence-corrected chi connectivity index (χ0v) is 10.5. The number of halogens is 3. The fraction of sp³-hybridized carbons (Fsp3) is 0.917. The summed E-state index contributed by atoms with van der Waals surface area (Å²) in [6, 6.07) is -0.249. The van der Waals surface area contributed by atoms with Crippen LogP contribution in [-0.4, -0.2) is 41.3 Å². The molecule has 1 N–H and O–H groups in total. The SMILES string of the molecule is CCC1CCCC(N(CC(=O)O)CC(F)(F)F)C1. The number of nitrogens with zero attached hydrogens (tertiary/aromatic N) is 1. The minimum Gasteiger partial charge on any atom is -0.480 e. The van der Waals surface area contributed by atoms with Crippen LogP contribution in [0.4, 0.5) is 13.2 Å². The molecule has 0 aromatic heterocycles. The molecular weight excluding hydrogens is 247 g/mol. The highest BCUT2D eigenvalue weighted by atomic mass is 19.4. The molecule has 0 aromatic carbocycles. The first-order valence-corrected chi connectivity index (χ1v) is 6.34. The molecule has 18 heavy (non-hydrogen) atoms. The summed E-state index contributed by atoms with van der Waals surface area (Å²) >= 11 is 0. The molecule has 1 rings (SSSR count). The Hall–Kier alpha value is -0.780. The second kappa shape index (κ2) is 6.41. The smallest absolute Gasteiger partial charge is 0.401 e. The Morgan fingerprint density at radius 2 is 2.06 bits per heavy atom. The van der Waals surface area contributed by atoms with Gasteiger partial charge in [0.15, 0.2) is 0 Å². The zero-order valence-electron chi connectivity index (χ0n) is 10.5. The number of carbonyl (C=O) groups is 1. The molecule has 0 saturated heterocycles. The van der Waals surface area contributed by atoms with Crippen LogP contribution in [0.3, 0.4) is 0 Å². The molecule has 2 atom stereocenters. The molecule has 0 amide bonds. The third-order valence-corrected chi connectivity index (χ3v) is 3.57. The quantitative estimate of drug-likeness (QED) is 0.832. The molecule has 1 aliphatic carbocycles. The second-order valence-electron chi connectivity index (χ2n) is 5.01. The molecule has 1 aliphatic rings. The molecule has 0 aliphatic heterocycles. The fourth-order valence-corrected chi connectivity index (χ4v) is 2.68. The minimum atomic E-state index is -4.34. The van der Waals surface area contributed by atoms with Crippen molar-refractivity contribution in [3.05, 3.63) is 0 Å². The van der Waals surface area contributed by atoms with Crippen LogP contribution in [0, 0.1) is 5.92 Å². The van der Waals surface area contributed by atoms with Crippen LogP contribution in [0.15, 0.2) is 0 Å². The molecular formula is C12H20F3NO2. The molecule has 2 unspecified atom stereocenters. The molecule has 3 nitrogen and oxygen atoms in total. The van der Waals surface area contributed by atoms with Gasteiger partial charge < -0.3 is 5.11 Å². The van der Waals surface area contributed by atoms with Crippen molar-refractivity contribution >= 4 is 5.97 Å². The van der Waals surface area contributed by atoms with Crippen LogP contribution >= 0.6 is 0 Å². The highest BCUT2D eigenvalue weighted by Gasteiger charge is 2.36. The van der Waals surface area contributed by atoms with Gasteiger partial charge in [-0.15, -0.1) is 0 Å². The van der Waals surface area contributed by atoms with Gasteiger partial charge in [0.1, 0.15) is 0 Å². The van der Waals surface area contributed by atoms with E-state index in [2.05, 4.69) is 0 Å². The van der Waals surface area contributed by atoms with Gasteiger partial charge in [-0.2, -0.15) is 13.2 Å². The van der Waals surface area contributed by atoms with E-state index in [1.54, 1.807) is 0 Å². The van der Waals surface area contributed by atoms with Gasteiger partial charge in [0.25, 0.3) is 0 Å². The van der Waals surface area contributed by atoms with E-state index in [-0.39, 0.29) is 6.04 Å². The van der Waals surface area contributed by atoms with Crippen molar-refractivity contribution in [2.24, 2.45) is 5.92 Å². The van der Waals surface area contributed by atoms with Crippen LogP contribution in [0.1, 0.15) is 39.0 Å². The lowest BCUT2D eigenvalue weighted by atomic mass is 9.83. The predicted octanol–water partition coefficient (Wildman–Crippen LogP) is 2.90. The number of alkyl halides is 3. The molecule has 0 spiro atoms. The maximum atomic E-state index is 12.5. The van der Waals surface area contributed by atoms with Gasteiger partial charge in [-0.3, -0.25) is 9.69 Å². The van der Waals surface area contributed by atoms with E-state index >= 15 is 0 Å². The number of aliphatic carboxylic acids is 1. The molecule has 106 valence electrons. The van der Waals surface area contributed by atoms with Gasteiger partial charge in [0.05, 0.1) is 13.1 Å². The highest BCUT2D eigenvalue weighted by Crippen LogP contribution is 2.31. The topological polar surface area (TPSA) is 40.5 Å². The van der Waals surface area contributed by atoms with Crippen LogP contribution in [-0.2, 0) is 4.79 Å². The maximum absolute atomic E-state index is 12.5. The van der Waals surface area contributed by atoms with E-state index in [0.29, 0.717) is 18.8 Å². The Morgan fingerprint density at radius 1 is 1.39 bits per heavy atom. The van der Waals surface area contributed by atoms with E-state index in [1.165, 1.54) is 0 Å². The lowest BCUT2D eigenvalue weighted by Gasteiger charge is -2.36. The number of hydrogen-bond donors (Lipinski definition) is 1. The summed E-state index contributed by atoms with van der Waals surface area (Å²) in [7, 11) is 0. The van der Waals surface area contributed by atoms with Gasteiger partial charge >= 0.3 is 12.1 Å². The van der Waals surface area contributed by atoms with Crippen LogP contribution in [0.25, 0.3) is 0 Å². The predicted molar refractivity (Wildman–Crippen MR) is 61.3 cm³/mol. The summed E-state index contributed by atoms with van der Waals surface area (Å²) in [5.41, 5.74) is 0. The van der Waals surface area contributed by atoms with Crippen molar-refractivity contribution in [2.75, 3.05) is 13.1 Å². The molecule has 1 fully saturated rings. The summed E-state index contributed by atoms with van der Waals surface area (Å²) in [5, 5.41) is 8.73.